The lowest BCUT2D eigenvalue weighted by Gasteiger charge is -2.55. The lowest BCUT2D eigenvalue weighted by atomic mass is 9.49. The predicted octanol–water partition coefficient (Wildman–Crippen LogP) is 1.47. The number of nitrogens with zero attached hydrogens (tertiary/aromatic N) is 1. The van der Waals surface area contributed by atoms with Crippen LogP contribution in [0, 0.1) is 29.1 Å². The van der Waals surface area contributed by atoms with Crippen molar-refractivity contribution in [3.05, 3.63) is 0 Å². The van der Waals surface area contributed by atoms with Crippen molar-refractivity contribution in [1.29, 1.82) is 0 Å². The van der Waals surface area contributed by atoms with E-state index in [-0.39, 0.29) is 35.7 Å². The lowest BCUT2D eigenvalue weighted by Crippen LogP contribution is -2.51. The summed E-state index contributed by atoms with van der Waals surface area (Å²) in [5, 5.41) is 0. The van der Waals surface area contributed by atoms with Gasteiger partial charge in [-0.15, -0.1) is 0 Å². The molecule has 25 heavy (non-hydrogen) atoms. The smallest absolute Gasteiger partial charge is 0.312 e. The van der Waals surface area contributed by atoms with Gasteiger partial charge in [-0.2, -0.15) is 0 Å². The predicted molar refractivity (Wildman–Crippen MR) is 90.1 cm³/mol. The van der Waals surface area contributed by atoms with Gasteiger partial charge in [0, 0.05) is 13.1 Å². The van der Waals surface area contributed by atoms with E-state index in [0.717, 1.165) is 32.1 Å². The first-order valence-electron chi connectivity index (χ1n) is 9.69. The fourth-order valence-electron chi connectivity index (χ4n) is 6.17. The van der Waals surface area contributed by atoms with Gasteiger partial charge in [-0.05, 0) is 69.1 Å². The Morgan fingerprint density at radius 2 is 1.64 bits per heavy atom. The zero-order valence-corrected chi connectivity index (χ0v) is 14.7. The van der Waals surface area contributed by atoms with Crippen LogP contribution >= 0.6 is 0 Å². The Hall–Kier alpha value is -1.59. The van der Waals surface area contributed by atoms with Crippen LogP contribution in [0.1, 0.15) is 51.4 Å². The number of carbonyl (C=O) groups excluding carboxylic acids is 3. The topological polar surface area (TPSA) is 89.7 Å². The highest BCUT2D eigenvalue weighted by molar-refractivity contribution is 5.84. The third-order valence-electron chi connectivity index (χ3n) is 6.97. The molecule has 5 fully saturated rings. The van der Waals surface area contributed by atoms with E-state index in [1.807, 2.05) is 0 Å². The van der Waals surface area contributed by atoms with Crippen LogP contribution in [0.15, 0.2) is 0 Å². The summed E-state index contributed by atoms with van der Waals surface area (Å²) in [6.45, 7) is 0.757. The summed E-state index contributed by atoms with van der Waals surface area (Å²) in [6.07, 6.45) is 8.14. The zero-order valence-electron chi connectivity index (χ0n) is 14.7. The Morgan fingerprint density at radius 3 is 2.20 bits per heavy atom. The van der Waals surface area contributed by atoms with Crippen molar-refractivity contribution in [2.45, 2.75) is 51.4 Å². The summed E-state index contributed by atoms with van der Waals surface area (Å²) >= 11 is 0. The Bertz CT molecular complexity index is 553. The first-order valence-corrected chi connectivity index (χ1v) is 9.69. The van der Waals surface area contributed by atoms with E-state index in [2.05, 4.69) is 0 Å². The number of amides is 2. The van der Waals surface area contributed by atoms with Crippen LogP contribution < -0.4 is 5.73 Å². The van der Waals surface area contributed by atoms with Crippen LogP contribution in [0.5, 0.6) is 0 Å². The molecule has 5 aliphatic rings. The molecule has 1 heterocycles. The Kier molecular flexibility index (Phi) is 4.24. The number of esters is 1. The van der Waals surface area contributed by atoms with E-state index in [9.17, 15) is 14.4 Å². The third kappa shape index (κ3) is 3.15. The highest BCUT2D eigenvalue weighted by Gasteiger charge is 2.55. The zero-order chi connectivity index (χ0) is 17.6. The van der Waals surface area contributed by atoms with Gasteiger partial charge in [0.05, 0.1) is 11.3 Å². The quantitative estimate of drug-likeness (QED) is 0.779. The number of nitrogens with two attached hydrogens (primary N) is 1. The summed E-state index contributed by atoms with van der Waals surface area (Å²) in [6, 6.07) is 0. The van der Waals surface area contributed by atoms with Crippen molar-refractivity contribution in [2.24, 2.45) is 34.8 Å². The normalized spacial score (nSPS) is 39.3. The Labute approximate surface area is 148 Å². The molecule has 138 valence electrons. The maximum atomic E-state index is 12.8. The summed E-state index contributed by atoms with van der Waals surface area (Å²) in [7, 11) is 0. The average molecular weight is 348 g/mol. The van der Waals surface area contributed by atoms with Crippen LogP contribution in [0.3, 0.4) is 0 Å². The van der Waals surface area contributed by atoms with Gasteiger partial charge in [-0.1, -0.05) is 0 Å². The minimum Gasteiger partial charge on any atom is -0.455 e. The molecular weight excluding hydrogens is 320 g/mol. The second-order valence-corrected chi connectivity index (χ2v) is 8.86. The molecule has 0 aromatic rings. The summed E-state index contributed by atoms with van der Waals surface area (Å²) < 4.78 is 5.49. The standard InChI is InChI=1S/C19H28N2O4/c20-17(23)15-2-1-3-21(10-15)16(22)11-25-18(24)19-7-12-4-13(8-19)6-14(5-12)9-19/h12-15H,1-11H2,(H2,20,23)/t12?,13?,14?,15-,19?/m0/s1. The van der Waals surface area contributed by atoms with Crippen molar-refractivity contribution in [1.82, 2.24) is 4.90 Å². The highest BCUT2D eigenvalue weighted by Crippen LogP contribution is 2.60. The van der Waals surface area contributed by atoms with Crippen molar-refractivity contribution in [2.75, 3.05) is 19.7 Å². The van der Waals surface area contributed by atoms with Gasteiger partial charge in [0.25, 0.3) is 5.91 Å². The number of rotatable bonds is 4. The van der Waals surface area contributed by atoms with Crippen LogP contribution in [0.2, 0.25) is 0 Å². The number of carbonyl (C=O) groups is 3. The van der Waals surface area contributed by atoms with Gasteiger partial charge < -0.3 is 15.4 Å². The number of likely N-dealkylation sites (tertiary alicyclic amines) is 1. The third-order valence-corrected chi connectivity index (χ3v) is 6.97. The molecule has 1 saturated heterocycles. The summed E-state index contributed by atoms with van der Waals surface area (Å²) in [4.78, 5) is 38.1. The molecular formula is C19H28N2O4. The first-order chi connectivity index (χ1) is 11.9. The molecule has 1 aliphatic heterocycles. The lowest BCUT2D eigenvalue weighted by molar-refractivity contribution is -0.174. The van der Waals surface area contributed by atoms with E-state index < -0.39 is 0 Å². The van der Waals surface area contributed by atoms with Crippen molar-refractivity contribution >= 4 is 17.8 Å². The molecule has 4 bridgehead atoms. The monoisotopic (exact) mass is 348 g/mol. The molecule has 2 amide bonds. The molecule has 0 aromatic heterocycles. The maximum Gasteiger partial charge on any atom is 0.312 e. The van der Waals surface area contributed by atoms with E-state index in [1.54, 1.807) is 4.90 Å². The van der Waals surface area contributed by atoms with E-state index in [4.69, 9.17) is 10.5 Å². The van der Waals surface area contributed by atoms with Gasteiger partial charge in [-0.25, -0.2) is 0 Å². The van der Waals surface area contributed by atoms with Crippen LogP contribution in [0.25, 0.3) is 0 Å². The summed E-state index contributed by atoms with van der Waals surface area (Å²) in [5.74, 6) is 1.01. The number of hydrogen-bond donors (Lipinski definition) is 1. The maximum absolute atomic E-state index is 12.8. The molecule has 0 spiro atoms. The van der Waals surface area contributed by atoms with Gasteiger partial charge in [-0.3, -0.25) is 14.4 Å². The first kappa shape index (κ1) is 16.9. The second kappa shape index (κ2) is 6.29. The van der Waals surface area contributed by atoms with Gasteiger partial charge in [0.2, 0.25) is 5.91 Å². The van der Waals surface area contributed by atoms with Crippen LogP contribution in [-0.2, 0) is 19.1 Å². The second-order valence-electron chi connectivity index (χ2n) is 8.86. The summed E-state index contributed by atoms with van der Waals surface area (Å²) in [5.41, 5.74) is 5.03. The average Bonchev–Trinajstić information content (AvgIpc) is 2.58. The number of piperidine rings is 1. The van der Waals surface area contributed by atoms with Gasteiger partial charge in [0.1, 0.15) is 0 Å². The molecule has 5 rings (SSSR count). The van der Waals surface area contributed by atoms with Crippen molar-refractivity contribution in [3.63, 3.8) is 0 Å². The Balaban J connectivity index is 1.33. The fraction of sp³-hybridized carbons (Fsp3) is 0.842. The SMILES string of the molecule is NC(=O)[C@H]1CCCN(C(=O)COC(=O)C23CC4CC(CC(C4)C2)C3)C1. The minimum atomic E-state index is -0.358. The number of ether oxygens (including phenoxy) is 1. The minimum absolute atomic E-state index is 0.164. The van der Waals surface area contributed by atoms with Crippen LogP contribution in [0.4, 0.5) is 0 Å². The van der Waals surface area contributed by atoms with E-state index in [0.29, 0.717) is 30.8 Å². The largest absolute Gasteiger partial charge is 0.455 e. The number of primary amides is 1. The van der Waals surface area contributed by atoms with Crippen molar-refractivity contribution < 1.29 is 19.1 Å². The van der Waals surface area contributed by atoms with E-state index in [1.165, 1.54) is 19.3 Å². The molecule has 4 aliphatic carbocycles. The fourth-order valence-corrected chi connectivity index (χ4v) is 6.17. The molecule has 0 unspecified atom stereocenters. The molecule has 6 heteroatoms. The van der Waals surface area contributed by atoms with Gasteiger partial charge >= 0.3 is 5.97 Å². The molecule has 6 nitrogen and oxygen atoms in total. The molecule has 2 N–H and O–H groups in total. The molecule has 4 saturated carbocycles. The van der Waals surface area contributed by atoms with Crippen molar-refractivity contribution in [3.8, 4) is 0 Å². The van der Waals surface area contributed by atoms with E-state index >= 15 is 0 Å². The highest BCUT2D eigenvalue weighted by atomic mass is 16.5. The van der Waals surface area contributed by atoms with Gasteiger partial charge in [0.15, 0.2) is 6.61 Å². The molecule has 0 aromatic carbocycles. The van der Waals surface area contributed by atoms with Crippen LogP contribution in [-0.4, -0.2) is 42.4 Å². The molecule has 1 atom stereocenters. The number of hydrogen-bond acceptors (Lipinski definition) is 4. The Morgan fingerprint density at radius 1 is 1.04 bits per heavy atom. The molecule has 0 radical (unpaired) electrons.